The lowest BCUT2D eigenvalue weighted by Crippen LogP contribution is -2.50. The largest absolute Gasteiger partial charge is 0.328 e. The molecule has 1 saturated heterocycles. The van der Waals surface area contributed by atoms with Crippen molar-refractivity contribution in [2.75, 3.05) is 13.1 Å². The molecular formula is C13H20F2N2. The summed E-state index contributed by atoms with van der Waals surface area (Å²) in [5.74, 6) is -1.01. The molecule has 0 amide bonds. The number of nitrogens with two attached hydrogens (primary N) is 1. The zero-order chi connectivity index (χ0) is 12.4. The minimum Gasteiger partial charge on any atom is -0.328 e. The van der Waals surface area contributed by atoms with Crippen LogP contribution in [-0.4, -0.2) is 30.1 Å². The van der Waals surface area contributed by atoms with Gasteiger partial charge < -0.3 is 5.73 Å². The zero-order valence-corrected chi connectivity index (χ0v) is 10.2. The fourth-order valence-electron chi connectivity index (χ4n) is 2.88. The van der Waals surface area contributed by atoms with E-state index in [1.807, 2.05) is 0 Å². The molecule has 96 valence electrons. The summed E-state index contributed by atoms with van der Waals surface area (Å²) in [6, 6.07) is 0.260. The maximum Gasteiger partial charge on any atom is 0.121 e. The Morgan fingerprint density at radius 3 is 2.88 bits per heavy atom. The Balaban J connectivity index is 2.12. The number of halogens is 2. The SMILES string of the molecule is CCN1CC[C@@H](N)C[C@H]1C1CC=C(F)C=C1F. The Kier molecular flexibility index (Phi) is 3.94. The van der Waals surface area contributed by atoms with Gasteiger partial charge in [-0.25, -0.2) is 8.78 Å². The van der Waals surface area contributed by atoms with E-state index in [1.54, 1.807) is 0 Å². The predicted molar refractivity (Wildman–Crippen MR) is 64.7 cm³/mol. The van der Waals surface area contributed by atoms with Gasteiger partial charge in [0.25, 0.3) is 0 Å². The fourth-order valence-corrected chi connectivity index (χ4v) is 2.88. The van der Waals surface area contributed by atoms with E-state index >= 15 is 0 Å². The van der Waals surface area contributed by atoms with Crippen molar-refractivity contribution in [1.29, 1.82) is 0 Å². The molecule has 0 radical (unpaired) electrons. The highest BCUT2D eigenvalue weighted by atomic mass is 19.1. The van der Waals surface area contributed by atoms with Crippen LogP contribution in [0.2, 0.25) is 0 Å². The Morgan fingerprint density at radius 1 is 1.47 bits per heavy atom. The molecule has 0 aromatic rings. The molecule has 0 bridgehead atoms. The quantitative estimate of drug-likeness (QED) is 0.806. The monoisotopic (exact) mass is 242 g/mol. The number of likely N-dealkylation sites (tertiary alicyclic amines) is 1. The summed E-state index contributed by atoms with van der Waals surface area (Å²) >= 11 is 0. The van der Waals surface area contributed by atoms with Crippen molar-refractivity contribution < 1.29 is 8.78 Å². The van der Waals surface area contributed by atoms with Crippen LogP contribution in [-0.2, 0) is 0 Å². The first-order chi connectivity index (χ1) is 8.11. The van der Waals surface area contributed by atoms with Crippen LogP contribution in [0.4, 0.5) is 8.78 Å². The number of nitrogens with zero attached hydrogens (tertiary/aromatic N) is 1. The van der Waals surface area contributed by atoms with E-state index in [0.29, 0.717) is 6.42 Å². The second-order valence-corrected chi connectivity index (χ2v) is 4.94. The first-order valence-electron chi connectivity index (χ1n) is 6.34. The van der Waals surface area contributed by atoms with Crippen molar-refractivity contribution in [3.8, 4) is 0 Å². The standard InChI is InChI=1S/C13H20F2N2/c1-2-17-6-5-10(16)8-13(17)11-4-3-9(14)7-12(11)15/h3,7,10-11,13H,2,4-6,8,16H2,1H3/t10-,11?,13+/m1/s1. The van der Waals surface area contributed by atoms with Crippen molar-refractivity contribution in [2.24, 2.45) is 11.7 Å². The Morgan fingerprint density at radius 2 is 2.24 bits per heavy atom. The topological polar surface area (TPSA) is 29.3 Å². The van der Waals surface area contributed by atoms with E-state index in [0.717, 1.165) is 32.0 Å². The molecule has 2 nitrogen and oxygen atoms in total. The second-order valence-electron chi connectivity index (χ2n) is 4.94. The minimum atomic E-state index is -0.457. The Labute approximate surface area is 101 Å². The lowest BCUT2D eigenvalue weighted by atomic mass is 9.83. The first-order valence-corrected chi connectivity index (χ1v) is 6.34. The molecule has 0 spiro atoms. The van der Waals surface area contributed by atoms with Gasteiger partial charge in [0.2, 0.25) is 0 Å². The van der Waals surface area contributed by atoms with Gasteiger partial charge in [0.05, 0.1) is 0 Å². The van der Waals surface area contributed by atoms with Crippen molar-refractivity contribution in [3.05, 3.63) is 23.8 Å². The highest BCUT2D eigenvalue weighted by molar-refractivity contribution is 5.23. The molecule has 4 heteroatoms. The van der Waals surface area contributed by atoms with Crippen molar-refractivity contribution in [3.63, 3.8) is 0 Å². The number of rotatable bonds is 2. The molecule has 1 aliphatic heterocycles. The lowest BCUT2D eigenvalue weighted by Gasteiger charge is -2.42. The summed E-state index contributed by atoms with van der Waals surface area (Å²) in [5, 5.41) is 0. The normalized spacial score (nSPS) is 35.4. The van der Waals surface area contributed by atoms with Gasteiger partial charge in [-0.1, -0.05) is 6.92 Å². The van der Waals surface area contributed by atoms with E-state index in [1.165, 1.54) is 6.08 Å². The summed E-state index contributed by atoms with van der Waals surface area (Å²) in [7, 11) is 0. The average Bonchev–Trinajstić information content (AvgIpc) is 2.29. The van der Waals surface area contributed by atoms with Gasteiger partial charge in [-0.3, -0.25) is 4.90 Å². The van der Waals surface area contributed by atoms with Crippen molar-refractivity contribution in [1.82, 2.24) is 4.90 Å². The van der Waals surface area contributed by atoms with Crippen LogP contribution < -0.4 is 5.73 Å². The molecule has 0 saturated carbocycles. The third kappa shape index (κ3) is 2.75. The molecule has 2 N–H and O–H groups in total. The van der Waals surface area contributed by atoms with E-state index < -0.39 is 5.83 Å². The third-order valence-electron chi connectivity index (χ3n) is 3.87. The molecule has 1 aliphatic carbocycles. The Hall–Kier alpha value is -0.740. The summed E-state index contributed by atoms with van der Waals surface area (Å²) in [6.07, 6.45) is 4.70. The molecule has 2 aliphatic rings. The van der Waals surface area contributed by atoms with Crippen LogP contribution in [0.15, 0.2) is 23.8 Å². The van der Waals surface area contributed by atoms with Gasteiger partial charge >= 0.3 is 0 Å². The molecular weight excluding hydrogens is 222 g/mol. The number of hydrogen-bond donors (Lipinski definition) is 1. The van der Waals surface area contributed by atoms with Gasteiger partial charge in [-0.05, 0) is 38.4 Å². The lowest BCUT2D eigenvalue weighted by molar-refractivity contribution is 0.0986. The van der Waals surface area contributed by atoms with Crippen LogP contribution in [0.25, 0.3) is 0 Å². The van der Waals surface area contributed by atoms with E-state index in [2.05, 4.69) is 11.8 Å². The maximum absolute atomic E-state index is 13.8. The van der Waals surface area contributed by atoms with Crippen molar-refractivity contribution >= 4 is 0 Å². The van der Waals surface area contributed by atoms with Crippen LogP contribution in [0.3, 0.4) is 0 Å². The summed E-state index contributed by atoms with van der Waals surface area (Å²) < 4.78 is 26.8. The van der Waals surface area contributed by atoms with Gasteiger partial charge in [-0.15, -0.1) is 0 Å². The zero-order valence-electron chi connectivity index (χ0n) is 10.2. The van der Waals surface area contributed by atoms with E-state index in [4.69, 9.17) is 5.73 Å². The summed E-state index contributed by atoms with van der Waals surface area (Å²) in [4.78, 5) is 2.26. The van der Waals surface area contributed by atoms with E-state index in [-0.39, 0.29) is 23.8 Å². The minimum absolute atomic E-state index is 0.115. The molecule has 1 unspecified atom stereocenters. The van der Waals surface area contributed by atoms with Gasteiger partial charge in [0.1, 0.15) is 11.7 Å². The number of allylic oxidation sites excluding steroid dienone is 3. The molecule has 1 heterocycles. The summed E-state index contributed by atoms with van der Waals surface area (Å²) in [6.45, 7) is 3.89. The highest BCUT2D eigenvalue weighted by Crippen LogP contribution is 2.34. The third-order valence-corrected chi connectivity index (χ3v) is 3.87. The van der Waals surface area contributed by atoms with Gasteiger partial charge in [0.15, 0.2) is 0 Å². The smallest absolute Gasteiger partial charge is 0.121 e. The average molecular weight is 242 g/mol. The molecule has 2 rings (SSSR count). The van der Waals surface area contributed by atoms with Crippen molar-refractivity contribution in [2.45, 2.75) is 38.3 Å². The van der Waals surface area contributed by atoms with Crippen LogP contribution in [0.1, 0.15) is 26.2 Å². The highest BCUT2D eigenvalue weighted by Gasteiger charge is 2.35. The predicted octanol–water partition coefficient (Wildman–Crippen LogP) is 2.52. The number of piperidine rings is 1. The first kappa shape index (κ1) is 12.7. The van der Waals surface area contributed by atoms with Crippen LogP contribution in [0, 0.1) is 5.92 Å². The Bertz CT molecular complexity index is 338. The van der Waals surface area contributed by atoms with Gasteiger partial charge in [0, 0.05) is 24.1 Å². The second kappa shape index (κ2) is 5.27. The molecule has 3 atom stereocenters. The molecule has 1 fully saturated rings. The molecule has 0 aromatic heterocycles. The number of hydrogen-bond acceptors (Lipinski definition) is 2. The maximum atomic E-state index is 13.8. The molecule has 17 heavy (non-hydrogen) atoms. The molecule has 0 aromatic carbocycles. The summed E-state index contributed by atoms with van der Waals surface area (Å²) in [5.41, 5.74) is 5.96. The van der Waals surface area contributed by atoms with Gasteiger partial charge in [-0.2, -0.15) is 0 Å². The fraction of sp³-hybridized carbons (Fsp3) is 0.692. The van der Waals surface area contributed by atoms with E-state index in [9.17, 15) is 8.78 Å². The van der Waals surface area contributed by atoms with Crippen LogP contribution >= 0.6 is 0 Å². The van der Waals surface area contributed by atoms with Crippen LogP contribution in [0.5, 0.6) is 0 Å².